The summed E-state index contributed by atoms with van der Waals surface area (Å²) in [6, 6.07) is 11.4. The Kier molecular flexibility index (Phi) is 6.14. The van der Waals surface area contributed by atoms with E-state index in [0.29, 0.717) is 0 Å². The van der Waals surface area contributed by atoms with Gasteiger partial charge in [0, 0.05) is 10.0 Å². The first kappa shape index (κ1) is 18.2. The average Bonchev–Trinajstić information content (AvgIpc) is 2.55. The van der Waals surface area contributed by atoms with E-state index in [0.717, 1.165) is 10.0 Å². The van der Waals surface area contributed by atoms with E-state index in [1.165, 1.54) is 25.3 Å². The van der Waals surface area contributed by atoms with Crippen molar-refractivity contribution in [2.24, 2.45) is 0 Å². The van der Waals surface area contributed by atoms with Crippen molar-refractivity contribution in [2.45, 2.75) is 19.6 Å². The molecule has 0 aromatic heterocycles. The van der Waals surface area contributed by atoms with Crippen LogP contribution in [0.5, 0.6) is 11.5 Å². The predicted molar refractivity (Wildman–Crippen MR) is 89.6 cm³/mol. The number of nitrogens with one attached hydrogen (secondary N) is 1. The maximum absolute atomic E-state index is 12.3. The van der Waals surface area contributed by atoms with Crippen molar-refractivity contribution in [3.8, 4) is 11.5 Å². The molecule has 0 aliphatic rings. The molecule has 2 aromatic carbocycles. The molecular weight excluding hydrogens is 384 g/mol. The molecule has 4 nitrogen and oxygen atoms in total. The summed E-state index contributed by atoms with van der Waals surface area (Å²) < 4.78 is 34.9. The molecule has 0 aliphatic carbocycles. The smallest absolute Gasteiger partial charge is 0.387 e. The van der Waals surface area contributed by atoms with Crippen molar-refractivity contribution >= 4 is 21.8 Å². The zero-order valence-corrected chi connectivity index (χ0v) is 14.6. The molecule has 0 saturated heterocycles. The van der Waals surface area contributed by atoms with Crippen LogP contribution in [0.2, 0.25) is 0 Å². The molecule has 0 bridgehead atoms. The number of hydrogen-bond donors (Lipinski definition) is 1. The van der Waals surface area contributed by atoms with E-state index in [1.807, 2.05) is 31.2 Å². The van der Waals surface area contributed by atoms with Crippen LogP contribution in [0.1, 0.15) is 28.9 Å². The van der Waals surface area contributed by atoms with Gasteiger partial charge in [0.15, 0.2) is 11.5 Å². The van der Waals surface area contributed by atoms with Crippen LogP contribution in [0, 0.1) is 0 Å². The number of halogens is 3. The Labute approximate surface area is 146 Å². The molecule has 1 amide bonds. The first-order valence-corrected chi connectivity index (χ1v) is 7.89. The number of alkyl halides is 2. The van der Waals surface area contributed by atoms with Gasteiger partial charge in [-0.05, 0) is 42.8 Å². The lowest BCUT2D eigenvalue weighted by Gasteiger charge is -2.16. The van der Waals surface area contributed by atoms with Crippen molar-refractivity contribution in [3.05, 3.63) is 58.1 Å². The summed E-state index contributed by atoms with van der Waals surface area (Å²) in [7, 11) is 1.32. The molecule has 2 aromatic rings. The van der Waals surface area contributed by atoms with Crippen molar-refractivity contribution in [2.75, 3.05) is 7.11 Å². The zero-order chi connectivity index (χ0) is 17.7. The standard InChI is InChI=1S/C17H16BrF2NO3/c1-10(11-3-6-13(18)7-4-11)21-16(22)12-5-8-14(24-17(19)20)15(9-12)23-2/h3-10,17H,1-2H3,(H,21,22)/t10-/m0/s1. The Morgan fingerprint density at radius 3 is 2.38 bits per heavy atom. The lowest BCUT2D eigenvalue weighted by molar-refractivity contribution is -0.0512. The molecule has 7 heteroatoms. The van der Waals surface area contributed by atoms with Crippen molar-refractivity contribution < 1.29 is 23.0 Å². The van der Waals surface area contributed by atoms with E-state index < -0.39 is 6.61 Å². The monoisotopic (exact) mass is 399 g/mol. The van der Waals surface area contributed by atoms with E-state index in [2.05, 4.69) is 26.0 Å². The molecule has 1 N–H and O–H groups in total. The molecule has 0 saturated carbocycles. The van der Waals surface area contributed by atoms with Crippen LogP contribution in [-0.4, -0.2) is 19.6 Å². The molecule has 0 aliphatic heterocycles. The van der Waals surface area contributed by atoms with Gasteiger partial charge in [-0.1, -0.05) is 28.1 Å². The second-order valence-corrected chi connectivity index (χ2v) is 5.91. The number of hydrogen-bond acceptors (Lipinski definition) is 3. The van der Waals surface area contributed by atoms with E-state index in [9.17, 15) is 13.6 Å². The van der Waals surface area contributed by atoms with Crippen LogP contribution >= 0.6 is 15.9 Å². The third-order valence-electron chi connectivity index (χ3n) is 3.36. The topological polar surface area (TPSA) is 47.6 Å². The maximum Gasteiger partial charge on any atom is 0.387 e. The van der Waals surface area contributed by atoms with E-state index in [4.69, 9.17) is 4.74 Å². The van der Waals surface area contributed by atoms with Gasteiger partial charge in [0.1, 0.15) is 0 Å². The summed E-state index contributed by atoms with van der Waals surface area (Å²) in [6.45, 7) is -1.11. The highest BCUT2D eigenvalue weighted by atomic mass is 79.9. The van der Waals surface area contributed by atoms with Crippen molar-refractivity contribution in [1.82, 2.24) is 5.32 Å². The second kappa shape index (κ2) is 8.10. The highest BCUT2D eigenvalue weighted by Gasteiger charge is 2.16. The van der Waals surface area contributed by atoms with Gasteiger partial charge in [-0.15, -0.1) is 0 Å². The van der Waals surface area contributed by atoms with E-state index in [-0.39, 0.29) is 29.0 Å². The van der Waals surface area contributed by atoms with Gasteiger partial charge < -0.3 is 14.8 Å². The van der Waals surface area contributed by atoms with Gasteiger partial charge in [0.25, 0.3) is 5.91 Å². The van der Waals surface area contributed by atoms with Crippen LogP contribution in [0.3, 0.4) is 0 Å². The number of ether oxygens (including phenoxy) is 2. The van der Waals surface area contributed by atoms with Crippen LogP contribution in [0.4, 0.5) is 8.78 Å². The largest absolute Gasteiger partial charge is 0.493 e. The maximum atomic E-state index is 12.3. The molecule has 1 atom stereocenters. The van der Waals surface area contributed by atoms with Crippen molar-refractivity contribution in [1.29, 1.82) is 0 Å². The summed E-state index contributed by atoms with van der Waals surface area (Å²) in [5, 5.41) is 2.84. The molecule has 0 radical (unpaired) electrons. The third-order valence-corrected chi connectivity index (χ3v) is 3.89. The number of carbonyl (C=O) groups excluding carboxylic acids is 1. The molecular formula is C17H16BrF2NO3. The molecule has 0 heterocycles. The van der Waals surface area contributed by atoms with E-state index >= 15 is 0 Å². The molecule has 0 unspecified atom stereocenters. The minimum atomic E-state index is -2.96. The first-order chi connectivity index (χ1) is 11.4. The fourth-order valence-corrected chi connectivity index (χ4v) is 2.38. The number of amides is 1. The number of benzene rings is 2. The summed E-state index contributed by atoms with van der Waals surface area (Å²) in [4.78, 5) is 12.3. The second-order valence-electron chi connectivity index (χ2n) is 4.99. The Morgan fingerprint density at radius 1 is 1.12 bits per heavy atom. The zero-order valence-electron chi connectivity index (χ0n) is 13.1. The van der Waals surface area contributed by atoms with Gasteiger partial charge in [-0.2, -0.15) is 8.78 Å². The minimum absolute atomic E-state index is 0.0687. The predicted octanol–water partition coefficient (Wildman–Crippen LogP) is 4.55. The summed E-state index contributed by atoms with van der Waals surface area (Å²) in [6.07, 6.45) is 0. The normalized spacial score (nSPS) is 11.9. The number of rotatable bonds is 6. The van der Waals surface area contributed by atoms with Gasteiger partial charge in [0.05, 0.1) is 13.2 Å². The Hall–Kier alpha value is -2.15. The fraction of sp³-hybridized carbons (Fsp3) is 0.235. The SMILES string of the molecule is COc1cc(C(=O)N[C@@H](C)c2ccc(Br)cc2)ccc1OC(F)F. The minimum Gasteiger partial charge on any atom is -0.493 e. The Balaban J connectivity index is 2.12. The van der Waals surface area contributed by atoms with Crippen LogP contribution in [-0.2, 0) is 0 Å². The number of methoxy groups -OCH3 is 1. The van der Waals surface area contributed by atoms with E-state index in [1.54, 1.807) is 0 Å². The third kappa shape index (κ3) is 4.67. The average molecular weight is 400 g/mol. The van der Waals surface area contributed by atoms with Gasteiger partial charge in [-0.25, -0.2) is 0 Å². The molecule has 0 spiro atoms. The van der Waals surface area contributed by atoms with Gasteiger partial charge in [-0.3, -0.25) is 4.79 Å². The highest BCUT2D eigenvalue weighted by Crippen LogP contribution is 2.29. The van der Waals surface area contributed by atoms with Crippen LogP contribution < -0.4 is 14.8 Å². The molecule has 0 fully saturated rings. The Bertz CT molecular complexity index is 707. The fourth-order valence-electron chi connectivity index (χ4n) is 2.12. The molecule has 24 heavy (non-hydrogen) atoms. The highest BCUT2D eigenvalue weighted by molar-refractivity contribution is 9.10. The quantitative estimate of drug-likeness (QED) is 0.774. The summed E-state index contributed by atoms with van der Waals surface area (Å²) in [5.41, 5.74) is 1.23. The number of carbonyl (C=O) groups is 1. The molecule has 128 valence electrons. The van der Waals surface area contributed by atoms with Crippen molar-refractivity contribution in [3.63, 3.8) is 0 Å². The van der Waals surface area contributed by atoms with Crippen LogP contribution in [0.25, 0.3) is 0 Å². The summed E-state index contributed by atoms with van der Waals surface area (Å²) in [5.74, 6) is -0.392. The first-order valence-electron chi connectivity index (χ1n) is 7.10. The summed E-state index contributed by atoms with van der Waals surface area (Å²) >= 11 is 3.36. The van der Waals surface area contributed by atoms with Gasteiger partial charge >= 0.3 is 6.61 Å². The lowest BCUT2D eigenvalue weighted by Crippen LogP contribution is -2.26. The van der Waals surface area contributed by atoms with Crippen LogP contribution in [0.15, 0.2) is 46.9 Å². The lowest BCUT2D eigenvalue weighted by atomic mass is 10.1. The Morgan fingerprint density at radius 2 is 1.79 bits per heavy atom. The van der Waals surface area contributed by atoms with Gasteiger partial charge in [0.2, 0.25) is 0 Å². The molecule has 2 rings (SSSR count).